The maximum absolute atomic E-state index is 14.8. The summed E-state index contributed by atoms with van der Waals surface area (Å²) in [6.07, 6.45) is 4.92. The normalized spacial score (nSPS) is 23.2. The Morgan fingerprint density at radius 3 is 2.54 bits per heavy atom. The van der Waals surface area contributed by atoms with Crippen molar-refractivity contribution in [3.8, 4) is 11.5 Å². The standard InChI is InChI=1S/C26H29F2N3O3.ClH/c27-20-4-1-16-3-6-22(32)31-15-18(23(20)24(16)31)14-30-9-7-19(8-10-30)29-13-17-2-5-21(28)26-25(17)33-11-12-34-26;/h1-6,18-19,22,29,32H,7-15H2;1H. The van der Waals surface area contributed by atoms with Gasteiger partial charge in [0, 0.05) is 42.7 Å². The Balaban J connectivity index is 0.00000253. The Hall–Kier alpha value is -2.39. The van der Waals surface area contributed by atoms with Gasteiger partial charge in [-0.1, -0.05) is 12.1 Å². The monoisotopic (exact) mass is 505 g/mol. The SMILES string of the molecule is Cl.OC1C=Cc2ccc(F)c3c2N1CC3CN1CCC(NCc2ccc(F)c3c2OCCO3)CC1. The van der Waals surface area contributed by atoms with Gasteiger partial charge in [0.05, 0.1) is 5.69 Å². The van der Waals surface area contributed by atoms with Crippen LogP contribution in [0.25, 0.3) is 6.08 Å². The molecule has 0 bridgehead atoms. The van der Waals surface area contributed by atoms with Crippen molar-refractivity contribution in [3.63, 3.8) is 0 Å². The van der Waals surface area contributed by atoms with E-state index in [0.717, 1.165) is 54.9 Å². The smallest absolute Gasteiger partial charge is 0.197 e. The van der Waals surface area contributed by atoms with E-state index in [-0.39, 0.29) is 35.7 Å². The van der Waals surface area contributed by atoms with Crippen molar-refractivity contribution >= 4 is 24.2 Å². The van der Waals surface area contributed by atoms with Gasteiger partial charge in [0.2, 0.25) is 0 Å². The molecule has 4 aliphatic rings. The molecular weight excluding hydrogens is 476 g/mol. The Bertz CT molecular complexity index is 1120. The predicted molar refractivity (Wildman–Crippen MR) is 132 cm³/mol. The predicted octanol–water partition coefficient (Wildman–Crippen LogP) is 3.66. The fraction of sp³-hybridized carbons (Fsp3) is 0.462. The van der Waals surface area contributed by atoms with Crippen molar-refractivity contribution in [1.29, 1.82) is 0 Å². The molecule has 6 nitrogen and oxygen atoms in total. The number of hydrogen-bond donors (Lipinski definition) is 2. The summed E-state index contributed by atoms with van der Waals surface area (Å²) in [6, 6.07) is 6.88. The van der Waals surface area contributed by atoms with Gasteiger partial charge in [0.15, 0.2) is 17.3 Å². The number of nitrogens with one attached hydrogen (secondary N) is 1. The van der Waals surface area contributed by atoms with Crippen LogP contribution in [-0.4, -0.2) is 61.7 Å². The van der Waals surface area contributed by atoms with Crippen LogP contribution < -0.4 is 19.7 Å². The third-order valence-electron chi connectivity index (χ3n) is 7.44. The highest BCUT2D eigenvalue weighted by Crippen LogP contribution is 2.44. The lowest BCUT2D eigenvalue weighted by Crippen LogP contribution is -2.44. The van der Waals surface area contributed by atoms with Crippen LogP contribution in [0, 0.1) is 11.6 Å². The number of nitrogens with zero attached hydrogens (tertiary/aromatic N) is 2. The number of rotatable bonds is 5. The molecule has 2 N–H and O–H groups in total. The summed E-state index contributed by atoms with van der Waals surface area (Å²) in [5, 5.41) is 14.0. The number of aliphatic hydroxyl groups is 1. The number of hydrogen-bond acceptors (Lipinski definition) is 6. The fourth-order valence-corrected chi connectivity index (χ4v) is 5.73. The summed E-state index contributed by atoms with van der Waals surface area (Å²) in [5.41, 5.74) is 3.48. The van der Waals surface area contributed by atoms with Crippen LogP contribution in [0.4, 0.5) is 14.5 Å². The molecule has 0 amide bonds. The lowest BCUT2D eigenvalue weighted by molar-refractivity contribution is 0.161. The minimum atomic E-state index is -0.695. The average Bonchev–Trinajstić information content (AvgIpc) is 3.25. The third kappa shape index (κ3) is 4.48. The lowest BCUT2D eigenvalue weighted by Gasteiger charge is -2.34. The lowest BCUT2D eigenvalue weighted by atomic mass is 9.95. The maximum atomic E-state index is 14.8. The van der Waals surface area contributed by atoms with Gasteiger partial charge in [-0.05, 0) is 55.8 Å². The molecule has 6 rings (SSSR count). The molecule has 9 heteroatoms. The first-order valence-electron chi connectivity index (χ1n) is 12.1. The zero-order chi connectivity index (χ0) is 23.2. The van der Waals surface area contributed by atoms with Gasteiger partial charge in [0.1, 0.15) is 25.3 Å². The van der Waals surface area contributed by atoms with E-state index in [4.69, 9.17) is 9.47 Å². The second-order valence-corrected chi connectivity index (χ2v) is 9.54. The Morgan fingerprint density at radius 2 is 1.74 bits per heavy atom. The summed E-state index contributed by atoms with van der Waals surface area (Å²) < 4.78 is 39.9. The first kappa shape index (κ1) is 24.3. The van der Waals surface area contributed by atoms with Gasteiger partial charge >= 0.3 is 0 Å². The molecule has 35 heavy (non-hydrogen) atoms. The van der Waals surface area contributed by atoms with E-state index in [0.29, 0.717) is 38.1 Å². The molecule has 2 atom stereocenters. The van der Waals surface area contributed by atoms with E-state index < -0.39 is 6.23 Å². The Kier molecular flexibility index (Phi) is 6.90. The summed E-state index contributed by atoms with van der Waals surface area (Å²) in [6.45, 7) is 4.65. The van der Waals surface area contributed by atoms with E-state index in [1.807, 2.05) is 11.0 Å². The summed E-state index contributed by atoms with van der Waals surface area (Å²) in [4.78, 5) is 4.32. The molecule has 0 aliphatic carbocycles. The number of halogens is 3. The van der Waals surface area contributed by atoms with Crippen molar-refractivity contribution in [3.05, 3.63) is 58.7 Å². The van der Waals surface area contributed by atoms with Crippen molar-refractivity contribution in [1.82, 2.24) is 10.2 Å². The van der Waals surface area contributed by atoms with Crippen molar-refractivity contribution < 1.29 is 23.4 Å². The maximum Gasteiger partial charge on any atom is 0.197 e. The minimum Gasteiger partial charge on any atom is -0.486 e. The highest BCUT2D eigenvalue weighted by molar-refractivity contribution is 5.85. The molecule has 1 saturated heterocycles. The van der Waals surface area contributed by atoms with E-state index in [9.17, 15) is 13.9 Å². The molecule has 4 heterocycles. The number of fused-ring (bicyclic) bond motifs is 1. The number of piperidine rings is 1. The number of ether oxygens (including phenoxy) is 2. The molecule has 2 aromatic carbocycles. The van der Waals surface area contributed by atoms with E-state index in [1.54, 1.807) is 24.3 Å². The summed E-state index contributed by atoms with van der Waals surface area (Å²) in [5.74, 6) is 0.194. The molecule has 0 aromatic heterocycles. The van der Waals surface area contributed by atoms with Crippen LogP contribution in [0.15, 0.2) is 30.3 Å². The van der Waals surface area contributed by atoms with Gasteiger partial charge in [-0.3, -0.25) is 0 Å². The van der Waals surface area contributed by atoms with Crippen LogP contribution in [0.1, 0.15) is 35.4 Å². The van der Waals surface area contributed by atoms with Gasteiger partial charge < -0.3 is 29.7 Å². The highest BCUT2D eigenvalue weighted by Gasteiger charge is 2.38. The zero-order valence-electron chi connectivity index (χ0n) is 19.4. The molecule has 0 spiro atoms. The highest BCUT2D eigenvalue weighted by atomic mass is 35.5. The number of aliphatic hydroxyl groups excluding tert-OH is 1. The van der Waals surface area contributed by atoms with Crippen molar-refractivity contribution in [2.24, 2.45) is 0 Å². The van der Waals surface area contributed by atoms with Gasteiger partial charge in [-0.2, -0.15) is 0 Å². The van der Waals surface area contributed by atoms with E-state index in [1.165, 1.54) is 6.07 Å². The zero-order valence-corrected chi connectivity index (χ0v) is 20.2. The summed E-state index contributed by atoms with van der Waals surface area (Å²) >= 11 is 0. The molecular formula is C26H30ClF2N3O3. The molecule has 0 radical (unpaired) electrons. The molecule has 2 unspecified atom stereocenters. The van der Waals surface area contributed by atoms with Crippen LogP contribution in [-0.2, 0) is 6.54 Å². The molecule has 188 valence electrons. The first-order valence-corrected chi connectivity index (χ1v) is 12.1. The minimum absolute atomic E-state index is 0. The largest absolute Gasteiger partial charge is 0.486 e. The molecule has 2 aromatic rings. The van der Waals surface area contributed by atoms with Gasteiger partial charge in [-0.25, -0.2) is 8.78 Å². The quantitative estimate of drug-likeness (QED) is 0.647. The van der Waals surface area contributed by atoms with Crippen molar-refractivity contribution in [2.45, 2.75) is 37.6 Å². The molecule has 4 aliphatic heterocycles. The Labute approximate surface area is 209 Å². The first-order chi connectivity index (χ1) is 16.6. The van der Waals surface area contributed by atoms with Crippen LogP contribution >= 0.6 is 12.4 Å². The van der Waals surface area contributed by atoms with Crippen LogP contribution in [0.5, 0.6) is 11.5 Å². The van der Waals surface area contributed by atoms with Crippen molar-refractivity contribution in [2.75, 3.05) is 44.3 Å². The second-order valence-electron chi connectivity index (χ2n) is 9.54. The molecule has 0 saturated carbocycles. The Morgan fingerprint density at radius 1 is 1.00 bits per heavy atom. The topological polar surface area (TPSA) is 57.2 Å². The van der Waals surface area contributed by atoms with E-state index in [2.05, 4.69) is 10.2 Å². The summed E-state index contributed by atoms with van der Waals surface area (Å²) in [7, 11) is 0. The van der Waals surface area contributed by atoms with Gasteiger partial charge in [-0.15, -0.1) is 12.4 Å². The van der Waals surface area contributed by atoms with E-state index >= 15 is 0 Å². The molecule has 1 fully saturated rings. The average molecular weight is 506 g/mol. The van der Waals surface area contributed by atoms with Crippen LogP contribution in [0.3, 0.4) is 0 Å². The third-order valence-corrected chi connectivity index (χ3v) is 7.44. The number of anilines is 1. The number of likely N-dealkylation sites (tertiary alicyclic amines) is 1. The second kappa shape index (κ2) is 9.93. The number of benzene rings is 2. The van der Waals surface area contributed by atoms with Gasteiger partial charge in [0.25, 0.3) is 0 Å². The fourth-order valence-electron chi connectivity index (χ4n) is 5.73. The van der Waals surface area contributed by atoms with Crippen LogP contribution in [0.2, 0.25) is 0 Å².